The first-order valence-electron chi connectivity index (χ1n) is 14.7. The average Bonchev–Trinajstić information content (AvgIpc) is 3.12. The maximum absolute atomic E-state index is 12.3. The molecule has 248 valence electrons. The molecule has 0 aliphatic carbocycles. The van der Waals surface area contributed by atoms with Crippen molar-refractivity contribution in [3.63, 3.8) is 0 Å². The summed E-state index contributed by atoms with van der Waals surface area (Å²) in [6.45, 7) is -1.12. The van der Waals surface area contributed by atoms with Crippen LogP contribution in [0.4, 0.5) is 0 Å². The van der Waals surface area contributed by atoms with E-state index in [9.17, 15) is 24.0 Å². The Hall–Kier alpha value is -5.97. The molecule has 48 heavy (non-hydrogen) atoms. The van der Waals surface area contributed by atoms with E-state index in [2.05, 4.69) is 0 Å². The fraction of sp³-hybridized carbons (Fsp3) is 0.216. The zero-order valence-electron chi connectivity index (χ0n) is 26.7. The molecule has 4 rings (SSSR count). The second kappa shape index (κ2) is 17.1. The quantitative estimate of drug-likeness (QED) is 0.0933. The number of methoxy groups -OCH3 is 3. The first-order valence-corrected chi connectivity index (χ1v) is 14.7. The summed E-state index contributed by atoms with van der Waals surface area (Å²) in [6, 6.07) is 23.0. The van der Waals surface area contributed by atoms with Gasteiger partial charge in [0.2, 0.25) is 0 Å². The smallest absolute Gasteiger partial charge is 0.343 e. The molecular weight excluding hydrogens is 620 g/mol. The van der Waals surface area contributed by atoms with Crippen LogP contribution in [0, 0.1) is 0 Å². The van der Waals surface area contributed by atoms with Gasteiger partial charge in [0.1, 0.15) is 29.8 Å². The molecule has 0 saturated carbocycles. The second-order valence-electron chi connectivity index (χ2n) is 10.4. The van der Waals surface area contributed by atoms with Crippen molar-refractivity contribution in [2.75, 3.05) is 41.2 Å². The molecule has 0 bridgehead atoms. The van der Waals surface area contributed by atoms with Gasteiger partial charge in [-0.25, -0.2) is 14.4 Å². The lowest BCUT2D eigenvalue weighted by molar-refractivity contribution is -0.143. The molecule has 4 aromatic carbocycles. The van der Waals surface area contributed by atoms with Gasteiger partial charge < -0.3 is 28.4 Å². The highest BCUT2D eigenvalue weighted by molar-refractivity contribution is 5.78. The third kappa shape index (κ3) is 9.29. The van der Waals surface area contributed by atoms with E-state index in [-0.39, 0.29) is 26.1 Å². The maximum atomic E-state index is 12.3. The standard InChI is InChI=1S/C37H34O11/c1-43-34(40)21-46-32-11-9-24(19-38)13-28(32)17-30-15-27(26-7-5-4-6-8-26)16-31(37(30)48-23-36(42)45-3)18-29-14-25(20-39)10-12-33(29)47-22-35(41)44-2/h4-16,19-20H,17-18,21-23H2,1-3H3. The topological polar surface area (TPSA) is 141 Å². The first kappa shape index (κ1) is 34.9. The summed E-state index contributed by atoms with van der Waals surface area (Å²) in [5, 5.41) is 0. The highest BCUT2D eigenvalue weighted by Crippen LogP contribution is 2.37. The van der Waals surface area contributed by atoms with E-state index in [0.29, 0.717) is 63.2 Å². The van der Waals surface area contributed by atoms with E-state index in [1.54, 1.807) is 36.4 Å². The van der Waals surface area contributed by atoms with Gasteiger partial charge in [-0.3, -0.25) is 9.59 Å². The highest BCUT2D eigenvalue weighted by Gasteiger charge is 2.20. The van der Waals surface area contributed by atoms with Crippen LogP contribution in [-0.4, -0.2) is 71.6 Å². The van der Waals surface area contributed by atoms with Crippen molar-refractivity contribution in [2.24, 2.45) is 0 Å². The van der Waals surface area contributed by atoms with E-state index in [1.165, 1.54) is 21.3 Å². The molecule has 0 heterocycles. The molecule has 0 aliphatic rings. The van der Waals surface area contributed by atoms with Crippen LogP contribution in [0.1, 0.15) is 43.0 Å². The van der Waals surface area contributed by atoms with Crippen LogP contribution in [0.5, 0.6) is 17.2 Å². The zero-order chi connectivity index (χ0) is 34.5. The third-order valence-electron chi connectivity index (χ3n) is 7.26. The van der Waals surface area contributed by atoms with Gasteiger partial charge in [0.25, 0.3) is 0 Å². The molecule has 0 N–H and O–H groups in total. The normalized spacial score (nSPS) is 10.4. The van der Waals surface area contributed by atoms with Crippen molar-refractivity contribution in [2.45, 2.75) is 12.8 Å². The van der Waals surface area contributed by atoms with Gasteiger partial charge in [-0.2, -0.15) is 0 Å². The summed E-state index contributed by atoms with van der Waals surface area (Å²) >= 11 is 0. The number of hydrogen-bond donors (Lipinski definition) is 0. The Morgan fingerprint density at radius 3 is 1.38 bits per heavy atom. The molecule has 4 aromatic rings. The van der Waals surface area contributed by atoms with E-state index in [4.69, 9.17) is 28.4 Å². The van der Waals surface area contributed by atoms with Crippen LogP contribution in [0.2, 0.25) is 0 Å². The largest absolute Gasteiger partial charge is 0.482 e. The lowest BCUT2D eigenvalue weighted by Crippen LogP contribution is -2.16. The third-order valence-corrected chi connectivity index (χ3v) is 7.26. The SMILES string of the molecule is COC(=O)COc1ccc(C=O)cc1Cc1cc(-c2ccccc2)cc(Cc2cc(C=O)ccc2OCC(=O)OC)c1OCC(=O)OC. The van der Waals surface area contributed by atoms with Crippen LogP contribution in [0.15, 0.2) is 78.9 Å². The molecule has 0 amide bonds. The molecule has 0 aromatic heterocycles. The second-order valence-corrected chi connectivity index (χ2v) is 10.4. The van der Waals surface area contributed by atoms with Crippen LogP contribution < -0.4 is 14.2 Å². The van der Waals surface area contributed by atoms with E-state index < -0.39 is 24.5 Å². The minimum absolute atomic E-state index is 0.155. The lowest BCUT2D eigenvalue weighted by atomic mass is 9.91. The predicted octanol–water partition coefficient (Wildman–Crippen LogP) is 4.82. The molecule has 0 unspecified atom stereocenters. The Bertz CT molecular complexity index is 1680. The Kier molecular flexibility index (Phi) is 12.4. The Morgan fingerprint density at radius 2 is 0.958 bits per heavy atom. The van der Waals surface area contributed by atoms with E-state index >= 15 is 0 Å². The van der Waals surface area contributed by atoms with Crippen LogP contribution >= 0.6 is 0 Å². The number of hydrogen-bond acceptors (Lipinski definition) is 11. The number of aldehydes is 2. The minimum atomic E-state index is -0.617. The monoisotopic (exact) mass is 654 g/mol. The molecule has 0 spiro atoms. The van der Waals surface area contributed by atoms with Crippen molar-refractivity contribution in [1.82, 2.24) is 0 Å². The van der Waals surface area contributed by atoms with Gasteiger partial charge in [0.05, 0.1) is 21.3 Å². The fourth-order valence-electron chi connectivity index (χ4n) is 4.89. The molecule has 0 saturated heterocycles. The summed E-state index contributed by atoms with van der Waals surface area (Å²) < 4.78 is 31.9. The Balaban J connectivity index is 1.91. The highest BCUT2D eigenvalue weighted by atomic mass is 16.6. The number of benzene rings is 4. The average molecular weight is 655 g/mol. The van der Waals surface area contributed by atoms with Crippen molar-refractivity contribution in [3.05, 3.63) is 112 Å². The minimum Gasteiger partial charge on any atom is -0.482 e. The van der Waals surface area contributed by atoms with Gasteiger partial charge in [-0.1, -0.05) is 30.3 Å². The number of carbonyl (C=O) groups excluding carboxylic acids is 5. The van der Waals surface area contributed by atoms with Gasteiger partial charge in [-0.05, 0) is 81.9 Å². The van der Waals surface area contributed by atoms with Crippen molar-refractivity contribution >= 4 is 30.5 Å². The molecule has 0 atom stereocenters. The Morgan fingerprint density at radius 1 is 0.521 bits per heavy atom. The fourth-order valence-corrected chi connectivity index (χ4v) is 4.89. The van der Waals surface area contributed by atoms with Crippen LogP contribution in [-0.2, 0) is 41.4 Å². The first-order chi connectivity index (χ1) is 23.3. The number of carbonyl (C=O) groups is 5. The Labute approximate surface area is 277 Å². The van der Waals surface area contributed by atoms with Crippen molar-refractivity contribution in [1.29, 1.82) is 0 Å². The van der Waals surface area contributed by atoms with Crippen molar-refractivity contribution in [3.8, 4) is 28.4 Å². The molecule has 0 aliphatic heterocycles. The van der Waals surface area contributed by atoms with E-state index in [0.717, 1.165) is 11.1 Å². The van der Waals surface area contributed by atoms with Gasteiger partial charge >= 0.3 is 17.9 Å². The molecule has 11 heteroatoms. The summed E-state index contributed by atoms with van der Waals surface area (Å²) in [4.78, 5) is 59.5. The molecule has 11 nitrogen and oxygen atoms in total. The van der Waals surface area contributed by atoms with Crippen LogP contribution in [0.3, 0.4) is 0 Å². The number of esters is 3. The zero-order valence-corrected chi connectivity index (χ0v) is 26.7. The number of rotatable bonds is 16. The number of ether oxygens (including phenoxy) is 6. The van der Waals surface area contributed by atoms with E-state index in [1.807, 2.05) is 42.5 Å². The lowest BCUT2D eigenvalue weighted by Gasteiger charge is -2.20. The molecular formula is C37H34O11. The van der Waals surface area contributed by atoms with Crippen LogP contribution in [0.25, 0.3) is 11.1 Å². The predicted molar refractivity (Wildman–Crippen MR) is 174 cm³/mol. The van der Waals surface area contributed by atoms with Crippen molar-refractivity contribution < 1.29 is 52.4 Å². The molecule has 0 radical (unpaired) electrons. The van der Waals surface area contributed by atoms with Gasteiger partial charge in [0.15, 0.2) is 19.8 Å². The summed E-state index contributed by atoms with van der Waals surface area (Å²) in [7, 11) is 3.75. The summed E-state index contributed by atoms with van der Waals surface area (Å²) in [5.74, 6) is -0.764. The summed E-state index contributed by atoms with van der Waals surface area (Å²) in [6.07, 6.45) is 1.71. The van der Waals surface area contributed by atoms with Gasteiger partial charge in [0, 0.05) is 24.0 Å². The summed E-state index contributed by atoms with van der Waals surface area (Å²) in [5.41, 5.74) is 4.80. The maximum Gasteiger partial charge on any atom is 0.343 e. The molecule has 0 fully saturated rings. The van der Waals surface area contributed by atoms with Gasteiger partial charge in [-0.15, -0.1) is 0 Å².